The highest BCUT2D eigenvalue weighted by Crippen LogP contribution is 2.25. The highest BCUT2D eigenvalue weighted by atomic mass is 16.5. The van der Waals surface area contributed by atoms with Gasteiger partial charge in [-0.1, -0.05) is 12.1 Å². The molecular formula is C17H14N4O4. The minimum absolute atomic E-state index is 0.00150. The number of nitrogens with zero attached hydrogens (tertiary/aromatic N) is 2. The maximum absolute atomic E-state index is 12.1. The summed E-state index contributed by atoms with van der Waals surface area (Å²) < 4.78 is 4.99. The summed E-state index contributed by atoms with van der Waals surface area (Å²) >= 11 is 0. The number of methoxy groups -OCH3 is 1. The maximum atomic E-state index is 12.1. The van der Waals surface area contributed by atoms with Crippen molar-refractivity contribution in [3.63, 3.8) is 0 Å². The van der Waals surface area contributed by atoms with Crippen molar-refractivity contribution in [2.45, 2.75) is 0 Å². The van der Waals surface area contributed by atoms with Gasteiger partial charge in [0, 0.05) is 0 Å². The molecule has 0 aliphatic carbocycles. The number of nitrogens with one attached hydrogen (secondary N) is 2. The van der Waals surface area contributed by atoms with Crippen molar-refractivity contribution in [1.82, 2.24) is 15.4 Å². The number of phenolic OH excluding ortho intramolecular Hbond substituents is 1. The summed E-state index contributed by atoms with van der Waals surface area (Å²) in [6, 6.07) is 11.3. The van der Waals surface area contributed by atoms with Crippen LogP contribution in [-0.4, -0.2) is 34.3 Å². The first kappa shape index (κ1) is 16.2. The molecular weight excluding hydrogens is 324 g/mol. The van der Waals surface area contributed by atoms with Crippen LogP contribution >= 0.6 is 0 Å². The fourth-order valence-electron chi connectivity index (χ4n) is 2.19. The van der Waals surface area contributed by atoms with Gasteiger partial charge >= 0.3 is 5.91 Å². The molecule has 126 valence electrons. The number of hydrazone groups is 1. The zero-order valence-electron chi connectivity index (χ0n) is 13.2. The molecule has 2 aromatic carbocycles. The molecule has 3 aromatic rings. The second-order valence-electron chi connectivity index (χ2n) is 5.06. The van der Waals surface area contributed by atoms with E-state index in [4.69, 9.17) is 4.74 Å². The average molecular weight is 338 g/mol. The van der Waals surface area contributed by atoms with Crippen LogP contribution in [0.2, 0.25) is 0 Å². The molecule has 1 heterocycles. The Kier molecular flexibility index (Phi) is 4.42. The number of hydrogen-bond acceptors (Lipinski definition) is 6. The first-order chi connectivity index (χ1) is 12.1. The monoisotopic (exact) mass is 338 g/mol. The number of benzene rings is 2. The molecule has 1 amide bonds. The molecule has 0 saturated carbocycles. The Morgan fingerprint density at radius 2 is 2.12 bits per heavy atom. The number of aromatic amines is 1. The van der Waals surface area contributed by atoms with E-state index in [9.17, 15) is 14.7 Å². The number of aromatic nitrogens is 2. The normalized spacial score (nSPS) is 10.9. The number of carbonyl (C=O) groups is 1. The van der Waals surface area contributed by atoms with E-state index in [1.165, 1.54) is 19.4 Å². The number of para-hydroxylation sites is 1. The number of ether oxygens (including phenoxy) is 1. The van der Waals surface area contributed by atoms with Gasteiger partial charge in [-0.05, 0) is 35.9 Å². The zero-order valence-corrected chi connectivity index (χ0v) is 13.2. The van der Waals surface area contributed by atoms with E-state index < -0.39 is 11.5 Å². The largest absolute Gasteiger partial charge is 0.504 e. The SMILES string of the molecule is COc1cc(/C=N/NC(=O)c2nc3ccccc3c(=O)[nH]2)ccc1O. The van der Waals surface area contributed by atoms with Crippen LogP contribution in [0.25, 0.3) is 10.9 Å². The van der Waals surface area contributed by atoms with Crippen molar-refractivity contribution in [3.05, 3.63) is 64.2 Å². The summed E-state index contributed by atoms with van der Waals surface area (Å²) in [5, 5.41) is 13.7. The zero-order chi connectivity index (χ0) is 17.8. The molecule has 1 aromatic heterocycles. The fourth-order valence-corrected chi connectivity index (χ4v) is 2.19. The van der Waals surface area contributed by atoms with Crippen LogP contribution in [-0.2, 0) is 0 Å². The average Bonchev–Trinajstić information content (AvgIpc) is 2.63. The summed E-state index contributed by atoms with van der Waals surface area (Å²) in [7, 11) is 1.43. The molecule has 8 heteroatoms. The van der Waals surface area contributed by atoms with Gasteiger partial charge in [0.05, 0.1) is 24.2 Å². The van der Waals surface area contributed by atoms with Gasteiger partial charge in [0.2, 0.25) is 5.82 Å². The predicted molar refractivity (Wildman–Crippen MR) is 92.1 cm³/mol. The van der Waals surface area contributed by atoms with Gasteiger partial charge in [0.25, 0.3) is 5.56 Å². The standard InChI is InChI=1S/C17H14N4O4/c1-25-14-8-10(6-7-13(14)22)9-18-21-17(24)15-19-12-5-3-2-4-11(12)16(23)20-15/h2-9,22H,1H3,(H,21,24)(H,19,20,23)/b18-9+. The van der Waals surface area contributed by atoms with Gasteiger partial charge in [-0.3, -0.25) is 9.59 Å². The first-order valence-corrected chi connectivity index (χ1v) is 7.28. The van der Waals surface area contributed by atoms with Crippen molar-refractivity contribution >= 4 is 23.0 Å². The van der Waals surface area contributed by atoms with Crippen molar-refractivity contribution in [3.8, 4) is 11.5 Å². The number of H-pyrrole nitrogens is 1. The number of carbonyl (C=O) groups excluding carboxylic acids is 1. The van der Waals surface area contributed by atoms with Gasteiger partial charge in [0.15, 0.2) is 11.5 Å². The van der Waals surface area contributed by atoms with E-state index in [-0.39, 0.29) is 17.3 Å². The second-order valence-corrected chi connectivity index (χ2v) is 5.06. The van der Waals surface area contributed by atoms with E-state index in [1.54, 1.807) is 36.4 Å². The van der Waals surface area contributed by atoms with E-state index in [0.29, 0.717) is 16.5 Å². The Labute approximate surface area is 141 Å². The number of amides is 1. The van der Waals surface area contributed by atoms with Crippen LogP contribution in [0.15, 0.2) is 52.4 Å². The van der Waals surface area contributed by atoms with Crippen LogP contribution in [0, 0.1) is 0 Å². The molecule has 0 aliphatic rings. The minimum atomic E-state index is -0.648. The Balaban J connectivity index is 1.77. The summed E-state index contributed by atoms with van der Waals surface area (Å²) in [5.41, 5.74) is 2.91. The predicted octanol–water partition coefficient (Wildman–Crippen LogP) is 1.40. The van der Waals surface area contributed by atoms with Crippen LogP contribution in [0.3, 0.4) is 0 Å². The van der Waals surface area contributed by atoms with Gasteiger partial charge in [-0.2, -0.15) is 5.10 Å². The highest BCUT2D eigenvalue weighted by molar-refractivity contribution is 5.93. The fraction of sp³-hybridized carbons (Fsp3) is 0.0588. The third kappa shape index (κ3) is 3.47. The Hall–Kier alpha value is -3.68. The Bertz CT molecular complexity index is 1030. The molecule has 0 saturated heterocycles. The number of rotatable bonds is 4. The molecule has 0 spiro atoms. The van der Waals surface area contributed by atoms with E-state index in [2.05, 4.69) is 20.5 Å². The van der Waals surface area contributed by atoms with Crippen LogP contribution in [0.4, 0.5) is 0 Å². The molecule has 0 aliphatic heterocycles. The summed E-state index contributed by atoms with van der Waals surface area (Å²) in [6.45, 7) is 0. The molecule has 8 nitrogen and oxygen atoms in total. The summed E-state index contributed by atoms with van der Waals surface area (Å²) in [4.78, 5) is 30.6. The Morgan fingerprint density at radius 3 is 2.92 bits per heavy atom. The molecule has 0 bridgehead atoms. The lowest BCUT2D eigenvalue weighted by molar-refractivity contribution is 0.0945. The summed E-state index contributed by atoms with van der Waals surface area (Å²) in [5.74, 6) is -0.494. The first-order valence-electron chi connectivity index (χ1n) is 7.28. The molecule has 3 rings (SSSR count). The van der Waals surface area contributed by atoms with Gasteiger partial charge < -0.3 is 14.8 Å². The number of aromatic hydroxyl groups is 1. The van der Waals surface area contributed by atoms with Gasteiger partial charge in [0.1, 0.15) is 0 Å². The lowest BCUT2D eigenvalue weighted by Gasteiger charge is -2.03. The Morgan fingerprint density at radius 1 is 1.32 bits per heavy atom. The van der Waals surface area contributed by atoms with Crippen LogP contribution in [0.1, 0.15) is 16.2 Å². The molecule has 3 N–H and O–H groups in total. The van der Waals surface area contributed by atoms with E-state index in [1.807, 2.05) is 0 Å². The molecule has 0 fully saturated rings. The topological polar surface area (TPSA) is 117 Å². The molecule has 0 atom stereocenters. The van der Waals surface area contributed by atoms with Crippen molar-refractivity contribution in [2.24, 2.45) is 5.10 Å². The smallest absolute Gasteiger partial charge is 0.307 e. The van der Waals surface area contributed by atoms with Crippen molar-refractivity contribution in [2.75, 3.05) is 7.11 Å². The minimum Gasteiger partial charge on any atom is -0.504 e. The quantitative estimate of drug-likeness (QED) is 0.491. The van der Waals surface area contributed by atoms with E-state index >= 15 is 0 Å². The number of fused-ring (bicyclic) bond motifs is 1. The molecule has 0 radical (unpaired) electrons. The van der Waals surface area contributed by atoms with Gasteiger partial charge in [-0.25, -0.2) is 10.4 Å². The lowest BCUT2D eigenvalue weighted by atomic mass is 10.2. The lowest BCUT2D eigenvalue weighted by Crippen LogP contribution is -2.24. The second kappa shape index (κ2) is 6.83. The number of phenols is 1. The maximum Gasteiger partial charge on any atom is 0.307 e. The van der Waals surface area contributed by atoms with Gasteiger partial charge in [-0.15, -0.1) is 0 Å². The summed E-state index contributed by atoms with van der Waals surface area (Å²) in [6.07, 6.45) is 1.37. The highest BCUT2D eigenvalue weighted by Gasteiger charge is 2.10. The number of hydrogen-bond donors (Lipinski definition) is 3. The van der Waals surface area contributed by atoms with Crippen molar-refractivity contribution < 1.29 is 14.6 Å². The van der Waals surface area contributed by atoms with E-state index in [0.717, 1.165) is 0 Å². The van der Waals surface area contributed by atoms with Crippen molar-refractivity contribution in [1.29, 1.82) is 0 Å². The third-order valence-corrected chi connectivity index (χ3v) is 3.41. The molecule has 25 heavy (non-hydrogen) atoms. The molecule has 0 unspecified atom stereocenters. The van der Waals surface area contributed by atoms with Crippen LogP contribution < -0.4 is 15.7 Å². The van der Waals surface area contributed by atoms with Crippen LogP contribution in [0.5, 0.6) is 11.5 Å². The third-order valence-electron chi connectivity index (χ3n) is 3.41.